The Kier molecular flexibility index (Phi) is 4.08. The van der Waals surface area contributed by atoms with E-state index in [-0.39, 0.29) is 11.9 Å². The number of benzene rings is 2. The summed E-state index contributed by atoms with van der Waals surface area (Å²) in [6, 6.07) is 12.0. The highest BCUT2D eigenvalue weighted by Crippen LogP contribution is 2.39. The van der Waals surface area contributed by atoms with Crippen molar-refractivity contribution >= 4 is 32.7 Å². The highest BCUT2D eigenvalue weighted by atomic mass is 79.9. The van der Waals surface area contributed by atoms with E-state index in [1.807, 2.05) is 41.4 Å². The maximum atomic E-state index is 13.3. The van der Waals surface area contributed by atoms with Crippen LogP contribution in [0.4, 0.5) is 0 Å². The summed E-state index contributed by atoms with van der Waals surface area (Å²) in [5, 5.41) is 0.946. The lowest BCUT2D eigenvalue weighted by Gasteiger charge is -2.26. The number of likely N-dealkylation sites (tertiary alicyclic amines) is 1. The molecule has 5 nitrogen and oxygen atoms in total. The third-order valence-corrected chi connectivity index (χ3v) is 5.83. The fraction of sp³-hybridized carbons (Fsp3) is 0.286. The van der Waals surface area contributed by atoms with Crippen molar-refractivity contribution in [3.8, 4) is 11.5 Å². The van der Waals surface area contributed by atoms with Gasteiger partial charge < -0.3 is 19.4 Å². The molecule has 1 amide bonds. The number of hydrogen-bond donors (Lipinski definition) is 1. The van der Waals surface area contributed by atoms with Crippen LogP contribution in [0, 0.1) is 0 Å². The van der Waals surface area contributed by atoms with Gasteiger partial charge in [-0.1, -0.05) is 22.0 Å². The molecule has 0 aliphatic carbocycles. The molecule has 1 N–H and O–H groups in total. The Labute approximate surface area is 165 Å². The molecule has 138 valence electrons. The molecule has 0 spiro atoms. The van der Waals surface area contributed by atoms with E-state index in [1.165, 1.54) is 0 Å². The fourth-order valence-corrected chi connectivity index (χ4v) is 4.41. The molecule has 0 bridgehead atoms. The summed E-state index contributed by atoms with van der Waals surface area (Å²) in [6.45, 7) is 1.91. The number of halogens is 1. The van der Waals surface area contributed by atoms with Gasteiger partial charge in [0.2, 0.25) is 0 Å². The second-order valence-corrected chi connectivity index (χ2v) is 7.87. The Balaban J connectivity index is 1.48. The fourth-order valence-electron chi connectivity index (χ4n) is 4.05. The first-order chi connectivity index (χ1) is 13.2. The average molecular weight is 427 g/mol. The third kappa shape index (κ3) is 2.88. The molecule has 5 rings (SSSR count). The number of carbonyl (C=O) groups is 1. The molecular weight excluding hydrogens is 408 g/mol. The van der Waals surface area contributed by atoms with Gasteiger partial charge in [-0.05, 0) is 48.7 Å². The molecule has 1 aromatic heterocycles. The summed E-state index contributed by atoms with van der Waals surface area (Å²) in [7, 11) is 0. The van der Waals surface area contributed by atoms with Gasteiger partial charge in [-0.25, -0.2) is 0 Å². The number of rotatable bonds is 2. The van der Waals surface area contributed by atoms with Crippen molar-refractivity contribution in [2.75, 3.05) is 19.8 Å². The Hall–Kier alpha value is -2.47. The number of aromatic amines is 1. The normalized spacial score (nSPS) is 18.9. The zero-order valence-corrected chi connectivity index (χ0v) is 16.3. The van der Waals surface area contributed by atoms with Crippen molar-refractivity contribution in [3.63, 3.8) is 0 Å². The molecule has 1 fully saturated rings. The summed E-state index contributed by atoms with van der Waals surface area (Å²) < 4.78 is 12.3. The Bertz CT molecular complexity index is 1030. The van der Waals surface area contributed by atoms with Crippen molar-refractivity contribution < 1.29 is 14.3 Å². The van der Waals surface area contributed by atoms with Crippen LogP contribution < -0.4 is 9.47 Å². The molecule has 1 saturated heterocycles. The number of amides is 1. The lowest BCUT2D eigenvalue weighted by molar-refractivity contribution is 0.0737. The highest BCUT2D eigenvalue weighted by molar-refractivity contribution is 9.10. The number of ether oxygens (including phenoxy) is 2. The van der Waals surface area contributed by atoms with E-state index in [0.717, 1.165) is 57.4 Å². The molecule has 3 heterocycles. The summed E-state index contributed by atoms with van der Waals surface area (Å²) >= 11 is 3.50. The van der Waals surface area contributed by atoms with E-state index in [4.69, 9.17) is 9.47 Å². The molecule has 6 heteroatoms. The smallest absolute Gasteiger partial charge is 0.256 e. The summed E-state index contributed by atoms with van der Waals surface area (Å²) in [5.41, 5.74) is 2.79. The SMILES string of the molecule is O=C(c1c[nH]c2ccc(Br)cc12)N1CCC[C@@H]1c1ccc2c(c1)OCCO2. The van der Waals surface area contributed by atoms with Gasteiger partial charge in [0, 0.05) is 28.1 Å². The number of H-pyrrole nitrogens is 1. The van der Waals surface area contributed by atoms with Crippen molar-refractivity contribution in [1.82, 2.24) is 9.88 Å². The first-order valence-electron chi connectivity index (χ1n) is 9.18. The van der Waals surface area contributed by atoms with Gasteiger partial charge in [0.1, 0.15) is 13.2 Å². The van der Waals surface area contributed by atoms with Crippen LogP contribution in [-0.4, -0.2) is 35.5 Å². The van der Waals surface area contributed by atoms with E-state index >= 15 is 0 Å². The predicted octanol–water partition coefficient (Wildman–Crippen LogP) is 4.68. The lowest BCUT2D eigenvalue weighted by Crippen LogP contribution is -2.30. The van der Waals surface area contributed by atoms with E-state index in [1.54, 1.807) is 0 Å². The van der Waals surface area contributed by atoms with Gasteiger partial charge in [-0.2, -0.15) is 0 Å². The largest absolute Gasteiger partial charge is 0.486 e. The number of fused-ring (bicyclic) bond motifs is 2. The second-order valence-electron chi connectivity index (χ2n) is 6.95. The average Bonchev–Trinajstić information content (AvgIpc) is 3.34. The minimum absolute atomic E-state index is 0.0606. The summed E-state index contributed by atoms with van der Waals surface area (Å²) in [4.78, 5) is 18.5. The van der Waals surface area contributed by atoms with Crippen LogP contribution in [0.2, 0.25) is 0 Å². The number of nitrogens with one attached hydrogen (secondary N) is 1. The van der Waals surface area contributed by atoms with Crippen LogP contribution in [0.5, 0.6) is 11.5 Å². The minimum Gasteiger partial charge on any atom is -0.486 e. The van der Waals surface area contributed by atoms with Gasteiger partial charge in [-0.3, -0.25) is 4.79 Å². The topological polar surface area (TPSA) is 54.6 Å². The molecular formula is C21H19BrN2O3. The predicted molar refractivity (Wildman–Crippen MR) is 106 cm³/mol. The highest BCUT2D eigenvalue weighted by Gasteiger charge is 2.32. The van der Waals surface area contributed by atoms with Gasteiger partial charge in [0.25, 0.3) is 5.91 Å². The number of nitrogens with zero attached hydrogens (tertiary/aromatic N) is 1. The molecule has 2 aliphatic rings. The van der Waals surface area contributed by atoms with Crippen LogP contribution >= 0.6 is 15.9 Å². The summed E-state index contributed by atoms with van der Waals surface area (Å²) in [5.74, 6) is 1.62. The third-order valence-electron chi connectivity index (χ3n) is 5.34. The molecule has 2 aliphatic heterocycles. The Morgan fingerprint density at radius 2 is 1.96 bits per heavy atom. The maximum Gasteiger partial charge on any atom is 0.256 e. The van der Waals surface area contributed by atoms with Gasteiger partial charge in [0.15, 0.2) is 11.5 Å². The molecule has 0 saturated carbocycles. The van der Waals surface area contributed by atoms with Crippen molar-refractivity contribution in [1.29, 1.82) is 0 Å². The summed E-state index contributed by atoms with van der Waals surface area (Å²) in [6.07, 6.45) is 3.77. The minimum atomic E-state index is 0.0606. The van der Waals surface area contributed by atoms with Crippen LogP contribution in [0.1, 0.15) is 34.8 Å². The first kappa shape index (κ1) is 16.7. The lowest BCUT2D eigenvalue weighted by atomic mass is 10.0. The van der Waals surface area contributed by atoms with Gasteiger partial charge >= 0.3 is 0 Å². The standard InChI is InChI=1S/C21H19BrN2O3/c22-14-4-5-17-15(11-14)16(12-23-17)21(25)24-7-1-2-18(24)13-3-6-19-20(10-13)27-9-8-26-19/h3-6,10-12,18,23H,1-2,7-9H2/t18-/m1/s1. The zero-order valence-electron chi connectivity index (χ0n) is 14.7. The van der Waals surface area contributed by atoms with Gasteiger partial charge in [0.05, 0.1) is 11.6 Å². The monoisotopic (exact) mass is 426 g/mol. The first-order valence-corrected chi connectivity index (χ1v) is 9.97. The van der Waals surface area contributed by atoms with Crippen LogP contribution in [-0.2, 0) is 0 Å². The van der Waals surface area contributed by atoms with E-state index < -0.39 is 0 Å². The molecule has 27 heavy (non-hydrogen) atoms. The number of aromatic nitrogens is 1. The van der Waals surface area contributed by atoms with Crippen molar-refractivity contribution in [2.24, 2.45) is 0 Å². The Morgan fingerprint density at radius 1 is 1.11 bits per heavy atom. The van der Waals surface area contributed by atoms with Gasteiger partial charge in [-0.15, -0.1) is 0 Å². The molecule has 3 aromatic rings. The van der Waals surface area contributed by atoms with E-state index in [9.17, 15) is 4.79 Å². The zero-order chi connectivity index (χ0) is 18.4. The quantitative estimate of drug-likeness (QED) is 0.646. The van der Waals surface area contributed by atoms with E-state index in [0.29, 0.717) is 13.2 Å². The maximum absolute atomic E-state index is 13.3. The second kappa shape index (κ2) is 6.60. The van der Waals surface area contributed by atoms with Crippen molar-refractivity contribution in [3.05, 3.63) is 58.2 Å². The number of carbonyl (C=O) groups excluding carboxylic acids is 1. The molecule has 0 radical (unpaired) electrons. The van der Waals surface area contributed by atoms with Crippen LogP contribution in [0.25, 0.3) is 10.9 Å². The molecule has 0 unspecified atom stereocenters. The Morgan fingerprint density at radius 3 is 2.85 bits per heavy atom. The van der Waals surface area contributed by atoms with Crippen LogP contribution in [0.15, 0.2) is 47.1 Å². The van der Waals surface area contributed by atoms with E-state index in [2.05, 4.69) is 27.0 Å². The van der Waals surface area contributed by atoms with Crippen LogP contribution in [0.3, 0.4) is 0 Å². The molecule has 1 atom stereocenters. The number of hydrogen-bond acceptors (Lipinski definition) is 3. The molecule has 2 aromatic carbocycles. The van der Waals surface area contributed by atoms with Crippen molar-refractivity contribution in [2.45, 2.75) is 18.9 Å².